The molecule has 0 amide bonds. The minimum Gasteiger partial charge on any atom is -0.363 e. The molecule has 21 heavy (non-hydrogen) atoms. The van der Waals surface area contributed by atoms with Crippen LogP contribution in [0.2, 0.25) is 0 Å². The van der Waals surface area contributed by atoms with Crippen molar-refractivity contribution in [3.8, 4) is 0 Å². The highest BCUT2D eigenvalue weighted by Crippen LogP contribution is 2.20. The van der Waals surface area contributed by atoms with Crippen LogP contribution in [0.15, 0.2) is 42.6 Å². The topological polar surface area (TPSA) is 53.9 Å². The second-order valence-electron chi connectivity index (χ2n) is 5.11. The molecule has 3 rings (SSSR count). The zero-order chi connectivity index (χ0) is 14.8. The van der Waals surface area contributed by atoms with Gasteiger partial charge in [-0.1, -0.05) is 0 Å². The van der Waals surface area contributed by atoms with Crippen molar-refractivity contribution in [3.63, 3.8) is 0 Å². The number of hydrogen-bond acceptors (Lipinski definition) is 5. The minimum absolute atomic E-state index is 0.799. The molecule has 0 aliphatic heterocycles. The smallest absolute Gasteiger partial charge is 0.131 e. The summed E-state index contributed by atoms with van der Waals surface area (Å²) in [6, 6.07) is 11.8. The molecule has 0 atom stereocenters. The summed E-state index contributed by atoms with van der Waals surface area (Å²) in [4.78, 5) is 15.3. The van der Waals surface area contributed by atoms with E-state index in [-0.39, 0.29) is 0 Å². The van der Waals surface area contributed by atoms with Gasteiger partial charge in [0.25, 0.3) is 0 Å². The van der Waals surface area contributed by atoms with Crippen LogP contribution >= 0.6 is 0 Å². The van der Waals surface area contributed by atoms with Crippen molar-refractivity contribution in [3.05, 3.63) is 48.3 Å². The molecule has 0 saturated heterocycles. The Morgan fingerprint density at radius 1 is 0.952 bits per heavy atom. The standard InChI is InChI=1S/C16H17N5/c1-11-10-12(8-9-17-11)18-15-6-4-14-13(19-15)5-7-16(20-14)21(2)3/h4-10H,1-3H3,(H,17,18,19). The molecule has 3 aromatic heterocycles. The molecule has 0 aromatic carbocycles. The first kappa shape index (κ1) is 13.3. The maximum absolute atomic E-state index is 4.59. The first-order valence-corrected chi connectivity index (χ1v) is 6.76. The van der Waals surface area contributed by atoms with Gasteiger partial charge >= 0.3 is 0 Å². The van der Waals surface area contributed by atoms with Gasteiger partial charge in [0.15, 0.2) is 0 Å². The van der Waals surface area contributed by atoms with E-state index in [1.54, 1.807) is 6.20 Å². The zero-order valence-corrected chi connectivity index (χ0v) is 12.3. The Hall–Kier alpha value is -2.69. The van der Waals surface area contributed by atoms with Crippen LogP contribution in [0.3, 0.4) is 0 Å². The Bertz CT molecular complexity index is 782. The van der Waals surface area contributed by atoms with Crippen molar-refractivity contribution in [2.75, 3.05) is 24.3 Å². The van der Waals surface area contributed by atoms with Gasteiger partial charge in [-0.25, -0.2) is 9.97 Å². The first-order valence-electron chi connectivity index (χ1n) is 6.76. The second kappa shape index (κ2) is 5.36. The first-order chi connectivity index (χ1) is 10.1. The fraction of sp³-hybridized carbons (Fsp3) is 0.188. The summed E-state index contributed by atoms with van der Waals surface area (Å²) in [6.07, 6.45) is 1.78. The van der Waals surface area contributed by atoms with Crippen LogP contribution in [0.1, 0.15) is 5.69 Å². The Balaban J connectivity index is 1.92. The van der Waals surface area contributed by atoms with Gasteiger partial charge in [0.2, 0.25) is 0 Å². The number of anilines is 3. The van der Waals surface area contributed by atoms with E-state index in [9.17, 15) is 0 Å². The van der Waals surface area contributed by atoms with Gasteiger partial charge in [-0.2, -0.15) is 0 Å². The number of aromatic nitrogens is 3. The van der Waals surface area contributed by atoms with E-state index in [1.807, 2.05) is 62.3 Å². The number of hydrogen-bond donors (Lipinski definition) is 1. The average Bonchev–Trinajstić information content (AvgIpc) is 2.46. The molecule has 3 aromatic rings. The van der Waals surface area contributed by atoms with Crippen molar-refractivity contribution in [1.29, 1.82) is 0 Å². The summed E-state index contributed by atoms with van der Waals surface area (Å²) in [5.41, 5.74) is 3.71. The summed E-state index contributed by atoms with van der Waals surface area (Å²) >= 11 is 0. The molecule has 0 aliphatic rings. The predicted octanol–water partition coefficient (Wildman–Crippen LogP) is 3.14. The van der Waals surface area contributed by atoms with Gasteiger partial charge in [0.05, 0.1) is 11.0 Å². The third-order valence-corrected chi connectivity index (χ3v) is 3.15. The van der Waals surface area contributed by atoms with Crippen LogP contribution in [0, 0.1) is 6.92 Å². The maximum atomic E-state index is 4.59. The summed E-state index contributed by atoms with van der Waals surface area (Å²) in [5, 5.41) is 3.28. The number of pyridine rings is 3. The number of nitrogens with zero attached hydrogens (tertiary/aromatic N) is 4. The Kier molecular flexibility index (Phi) is 3.39. The summed E-state index contributed by atoms with van der Waals surface area (Å²) < 4.78 is 0. The average molecular weight is 279 g/mol. The highest BCUT2D eigenvalue weighted by atomic mass is 15.1. The molecule has 0 fully saturated rings. The molecule has 3 heterocycles. The van der Waals surface area contributed by atoms with Crippen molar-refractivity contribution in [1.82, 2.24) is 15.0 Å². The van der Waals surface area contributed by atoms with Crippen LogP contribution in [0.5, 0.6) is 0 Å². The molecule has 0 saturated carbocycles. The van der Waals surface area contributed by atoms with E-state index in [0.29, 0.717) is 0 Å². The molecule has 0 bridgehead atoms. The highest BCUT2D eigenvalue weighted by Gasteiger charge is 2.03. The van der Waals surface area contributed by atoms with Crippen LogP contribution in [0.25, 0.3) is 11.0 Å². The number of rotatable bonds is 3. The van der Waals surface area contributed by atoms with Gasteiger partial charge in [-0.3, -0.25) is 4.98 Å². The number of nitrogens with one attached hydrogen (secondary N) is 1. The lowest BCUT2D eigenvalue weighted by molar-refractivity contribution is 1.08. The molecule has 0 aliphatic carbocycles. The monoisotopic (exact) mass is 279 g/mol. The molecule has 5 heteroatoms. The minimum atomic E-state index is 0.799. The fourth-order valence-corrected chi connectivity index (χ4v) is 2.09. The van der Waals surface area contributed by atoms with Crippen molar-refractivity contribution in [2.24, 2.45) is 0 Å². The van der Waals surface area contributed by atoms with Crippen LogP contribution in [-0.2, 0) is 0 Å². The summed E-state index contributed by atoms with van der Waals surface area (Å²) in [6.45, 7) is 1.96. The lowest BCUT2D eigenvalue weighted by Crippen LogP contribution is -2.10. The number of aryl methyl sites for hydroxylation is 1. The predicted molar refractivity (Wildman–Crippen MR) is 86.1 cm³/mol. The van der Waals surface area contributed by atoms with Gasteiger partial charge in [-0.15, -0.1) is 0 Å². The van der Waals surface area contributed by atoms with Gasteiger partial charge < -0.3 is 10.2 Å². The van der Waals surface area contributed by atoms with Crippen LogP contribution in [0.4, 0.5) is 17.3 Å². The molecule has 1 N–H and O–H groups in total. The Morgan fingerprint density at radius 2 is 1.71 bits per heavy atom. The SMILES string of the molecule is Cc1cc(Nc2ccc3nc(N(C)C)ccc3n2)ccn1. The van der Waals surface area contributed by atoms with Gasteiger partial charge in [0, 0.05) is 31.7 Å². The van der Waals surface area contributed by atoms with Gasteiger partial charge in [0.1, 0.15) is 11.6 Å². The fourth-order valence-electron chi connectivity index (χ4n) is 2.09. The lowest BCUT2D eigenvalue weighted by Gasteiger charge is -2.12. The van der Waals surface area contributed by atoms with E-state index in [0.717, 1.165) is 34.1 Å². The Morgan fingerprint density at radius 3 is 2.48 bits per heavy atom. The summed E-state index contributed by atoms with van der Waals surface area (Å²) in [5.74, 6) is 1.72. The number of fused-ring (bicyclic) bond motifs is 1. The highest BCUT2D eigenvalue weighted by molar-refractivity contribution is 5.78. The normalized spacial score (nSPS) is 10.6. The molecule has 106 valence electrons. The summed E-state index contributed by atoms with van der Waals surface area (Å²) in [7, 11) is 3.95. The van der Waals surface area contributed by atoms with Crippen molar-refractivity contribution >= 4 is 28.4 Å². The van der Waals surface area contributed by atoms with E-state index in [1.165, 1.54) is 0 Å². The third-order valence-electron chi connectivity index (χ3n) is 3.15. The maximum Gasteiger partial charge on any atom is 0.131 e. The second-order valence-corrected chi connectivity index (χ2v) is 5.11. The quantitative estimate of drug-likeness (QED) is 0.798. The zero-order valence-electron chi connectivity index (χ0n) is 12.3. The molecule has 0 radical (unpaired) electrons. The molecule has 5 nitrogen and oxygen atoms in total. The Labute approximate surface area is 123 Å². The van der Waals surface area contributed by atoms with Crippen LogP contribution < -0.4 is 10.2 Å². The van der Waals surface area contributed by atoms with E-state index in [2.05, 4.69) is 20.3 Å². The van der Waals surface area contributed by atoms with Crippen LogP contribution in [-0.4, -0.2) is 29.0 Å². The van der Waals surface area contributed by atoms with E-state index in [4.69, 9.17) is 0 Å². The molecular formula is C16H17N5. The largest absolute Gasteiger partial charge is 0.363 e. The molecule has 0 spiro atoms. The molecule has 0 unspecified atom stereocenters. The van der Waals surface area contributed by atoms with E-state index >= 15 is 0 Å². The van der Waals surface area contributed by atoms with E-state index < -0.39 is 0 Å². The van der Waals surface area contributed by atoms with Crippen molar-refractivity contribution in [2.45, 2.75) is 6.92 Å². The third kappa shape index (κ3) is 2.91. The lowest BCUT2D eigenvalue weighted by atomic mass is 10.3. The van der Waals surface area contributed by atoms with Crippen molar-refractivity contribution < 1.29 is 0 Å². The van der Waals surface area contributed by atoms with Gasteiger partial charge in [-0.05, 0) is 43.3 Å². The molecular weight excluding hydrogens is 262 g/mol.